The lowest BCUT2D eigenvalue weighted by Gasteiger charge is -2.32. The molecule has 1 aromatic rings. The van der Waals surface area contributed by atoms with Gasteiger partial charge >= 0.3 is 7.12 Å². The lowest BCUT2D eigenvalue weighted by atomic mass is 9.74. The summed E-state index contributed by atoms with van der Waals surface area (Å²) in [4.78, 5) is 0. The van der Waals surface area contributed by atoms with Crippen molar-refractivity contribution in [2.45, 2.75) is 44.8 Å². The molecule has 0 aliphatic carbocycles. The van der Waals surface area contributed by atoms with E-state index in [1.54, 1.807) is 12.1 Å². The third-order valence-corrected chi connectivity index (χ3v) is 4.13. The first-order chi connectivity index (χ1) is 9.18. The summed E-state index contributed by atoms with van der Waals surface area (Å²) < 4.78 is 30.7. The van der Waals surface area contributed by atoms with Crippen LogP contribution in [-0.2, 0) is 9.31 Å². The zero-order chi connectivity index (χ0) is 15.1. The normalized spacial score (nSPS) is 21.9. The van der Waals surface area contributed by atoms with Gasteiger partial charge in [-0.05, 0) is 33.8 Å². The van der Waals surface area contributed by atoms with E-state index < -0.39 is 30.1 Å². The summed E-state index contributed by atoms with van der Waals surface area (Å²) in [5.74, 6) is -0.666. The van der Waals surface area contributed by atoms with E-state index in [2.05, 4.69) is 0 Å². The van der Waals surface area contributed by atoms with Gasteiger partial charge in [0.2, 0.25) is 0 Å². The fraction of sp³-hybridized carbons (Fsp3) is 0.571. The number of nitrogens with two attached hydrogens (primary N) is 1. The quantitative estimate of drug-likeness (QED) is 0.865. The molecule has 0 bridgehead atoms. The first-order valence-corrected chi connectivity index (χ1v) is 6.62. The second kappa shape index (κ2) is 5.02. The Balaban J connectivity index is 2.23. The van der Waals surface area contributed by atoms with E-state index in [-0.39, 0.29) is 0 Å². The van der Waals surface area contributed by atoms with Gasteiger partial charge in [-0.3, -0.25) is 0 Å². The maximum atomic E-state index is 14.1. The molecule has 1 aliphatic rings. The molecule has 1 saturated heterocycles. The van der Waals surface area contributed by atoms with E-state index in [1.807, 2.05) is 27.7 Å². The SMILES string of the molecule is COc1ccc(C(N)B2OC(C)(C)C(C)(C)O2)c(F)c1. The van der Waals surface area contributed by atoms with E-state index in [1.165, 1.54) is 13.2 Å². The van der Waals surface area contributed by atoms with Crippen molar-refractivity contribution in [1.82, 2.24) is 0 Å². The van der Waals surface area contributed by atoms with Crippen LogP contribution in [0.15, 0.2) is 18.2 Å². The van der Waals surface area contributed by atoms with E-state index in [0.717, 1.165) is 0 Å². The molecule has 0 radical (unpaired) electrons. The topological polar surface area (TPSA) is 53.7 Å². The van der Waals surface area contributed by atoms with E-state index in [9.17, 15) is 4.39 Å². The molecule has 0 amide bonds. The van der Waals surface area contributed by atoms with Gasteiger partial charge in [0.05, 0.1) is 24.3 Å². The van der Waals surface area contributed by atoms with Crippen molar-refractivity contribution in [2.75, 3.05) is 7.11 Å². The van der Waals surface area contributed by atoms with Crippen LogP contribution in [0.4, 0.5) is 4.39 Å². The summed E-state index contributed by atoms with van der Waals surface area (Å²) in [6.45, 7) is 7.74. The number of ether oxygens (including phenoxy) is 1. The Bertz CT molecular complexity index is 491. The highest BCUT2D eigenvalue weighted by atomic mass is 19.1. The van der Waals surface area contributed by atoms with Gasteiger partial charge in [-0.1, -0.05) is 6.07 Å². The molecule has 0 saturated carbocycles. The standard InChI is InChI=1S/C14H21BFNO3/c1-13(2)14(3,4)20-15(19-13)12(17)10-7-6-9(18-5)8-11(10)16/h6-8,12H,17H2,1-5H3. The molecule has 1 atom stereocenters. The highest BCUT2D eigenvalue weighted by Gasteiger charge is 2.53. The molecule has 4 nitrogen and oxygen atoms in total. The van der Waals surface area contributed by atoms with Crippen LogP contribution in [0.25, 0.3) is 0 Å². The van der Waals surface area contributed by atoms with Crippen LogP contribution in [0.1, 0.15) is 39.2 Å². The number of methoxy groups -OCH3 is 1. The summed E-state index contributed by atoms with van der Waals surface area (Å²) in [7, 11) is 0.811. The van der Waals surface area contributed by atoms with Gasteiger partial charge in [-0.2, -0.15) is 0 Å². The fourth-order valence-electron chi connectivity index (χ4n) is 2.09. The summed E-state index contributed by atoms with van der Waals surface area (Å²) in [5.41, 5.74) is 5.48. The van der Waals surface area contributed by atoms with Crippen LogP contribution in [-0.4, -0.2) is 25.4 Å². The molecule has 110 valence electrons. The Kier molecular flexibility index (Phi) is 3.84. The summed E-state index contributed by atoms with van der Waals surface area (Å²) in [6, 6.07) is 4.58. The van der Waals surface area contributed by atoms with Crippen molar-refractivity contribution in [3.63, 3.8) is 0 Å². The highest BCUT2D eigenvalue weighted by molar-refractivity contribution is 6.47. The van der Waals surface area contributed by atoms with Crippen molar-refractivity contribution >= 4 is 7.12 Å². The van der Waals surface area contributed by atoms with Gasteiger partial charge in [0.25, 0.3) is 0 Å². The van der Waals surface area contributed by atoms with Crippen molar-refractivity contribution in [3.8, 4) is 5.75 Å². The number of hydrogen-bond donors (Lipinski definition) is 1. The van der Waals surface area contributed by atoms with Crippen LogP contribution in [0.2, 0.25) is 0 Å². The molecule has 2 N–H and O–H groups in total. The molecule has 0 aromatic heterocycles. The number of rotatable bonds is 3. The number of hydrogen-bond acceptors (Lipinski definition) is 4. The molecule has 1 aliphatic heterocycles. The molecular formula is C14H21BFNO3. The Morgan fingerprint density at radius 1 is 1.20 bits per heavy atom. The minimum Gasteiger partial charge on any atom is -0.497 e. The van der Waals surface area contributed by atoms with Gasteiger partial charge in [0.1, 0.15) is 11.6 Å². The molecule has 6 heteroatoms. The zero-order valence-corrected chi connectivity index (χ0v) is 12.6. The Hall–Kier alpha value is -1.11. The largest absolute Gasteiger partial charge is 0.497 e. The van der Waals surface area contributed by atoms with E-state index in [4.69, 9.17) is 19.8 Å². The van der Waals surface area contributed by atoms with Gasteiger partial charge in [0, 0.05) is 11.6 Å². The molecule has 1 fully saturated rings. The third-order valence-electron chi connectivity index (χ3n) is 4.13. The first kappa shape index (κ1) is 15.3. The average molecular weight is 281 g/mol. The van der Waals surface area contributed by atoms with Crippen LogP contribution >= 0.6 is 0 Å². The molecular weight excluding hydrogens is 260 g/mol. The lowest BCUT2D eigenvalue weighted by molar-refractivity contribution is 0.00578. The van der Waals surface area contributed by atoms with Crippen molar-refractivity contribution in [2.24, 2.45) is 5.73 Å². The minimum atomic E-state index is -0.693. The highest BCUT2D eigenvalue weighted by Crippen LogP contribution is 2.40. The second-order valence-corrected chi connectivity index (χ2v) is 6.04. The first-order valence-electron chi connectivity index (χ1n) is 6.62. The molecule has 1 unspecified atom stereocenters. The smallest absolute Gasteiger partial charge is 0.480 e. The molecule has 20 heavy (non-hydrogen) atoms. The number of benzene rings is 1. The van der Waals surface area contributed by atoms with Crippen LogP contribution in [0, 0.1) is 5.82 Å². The third kappa shape index (κ3) is 2.55. The molecule has 1 aromatic carbocycles. The van der Waals surface area contributed by atoms with Gasteiger partial charge in [-0.25, -0.2) is 4.39 Å². The Labute approximate surface area is 119 Å². The van der Waals surface area contributed by atoms with Gasteiger partial charge in [-0.15, -0.1) is 0 Å². The zero-order valence-electron chi connectivity index (χ0n) is 12.6. The van der Waals surface area contributed by atoms with Crippen molar-refractivity contribution in [3.05, 3.63) is 29.6 Å². The molecule has 0 spiro atoms. The Morgan fingerprint density at radius 3 is 2.20 bits per heavy atom. The summed E-state index contributed by atoms with van der Waals surface area (Å²) in [5, 5.41) is 0. The van der Waals surface area contributed by atoms with Gasteiger partial charge < -0.3 is 19.8 Å². The van der Waals surface area contributed by atoms with Gasteiger partial charge in [0.15, 0.2) is 0 Å². The Morgan fingerprint density at radius 2 is 1.75 bits per heavy atom. The second-order valence-electron chi connectivity index (χ2n) is 6.04. The van der Waals surface area contributed by atoms with Crippen molar-refractivity contribution < 1.29 is 18.4 Å². The molecule has 1 heterocycles. The van der Waals surface area contributed by atoms with Crippen LogP contribution in [0.3, 0.4) is 0 Å². The summed E-state index contributed by atoms with van der Waals surface area (Å²) in [6.07, 6.45) is 0. The number of halogens is 1. The average Bonchev–Trinajstić information content (AvgIpc) is 2.57. The molecule has 2 rings (SSSR count). The predicted molar refractivity (Wildman–Crippen MR) is 76.0 cm³/mol. The fourth-order valence-corrected chi connectivity index (χ4v) is 2.09. The lowest BCUT2D eigenvalue weighted by Crippen LogP contribution is -2.41. The van der Waals surface area contributed by atoms with Crippen LogP contribution < -0.4 is 10.5 Å². The van der Waals surface area contributed by atoms with E-state index in [0.29, 0.717) is 11.3 Å². The maximum Gasteiger partial charge on any atom is 0.480 e. The van der Waals surface area contributed by atoms with E-state index >= 15 is 0 Å². The maximum absolute atomic E-state index is 14.1. The predicted octanol–water partition coefficient (Wildman–Crippen LogP) is 2.47. The monoisotopic (exact) mass is 281 g/mol. The van der Waals surface area contributed by atoms with Crippen LogP contribution in [0.5, 0.6) is 5.75 Å². The van der Waals surface area contributed by atoms with Crippen molar-refractivity contribution in [1.29, 1.82) is 0 Å². The summed E-state index contributed by atoms with van der Waals surface area (Å²) >= 11 is 0. The minimum absolute atomic E-state index is 0.351.